The van der Waals surface area contributed by atoms with Crippen LogP contribution in [0, 0.1) is 5.82 Å². The van der Waals surface area contributed by atoms with Crippen LogP contribution in [0.1, 0.15) is 17.4 Å². The molecule has 2 aromatic carbocycles. The summed E-state index contributed by atoms with van der Waals surface area (Å²) in [5.41, 5.74) is 0.467. The smallest absolute Gasteiger partial charge is 0.279 e. The number of aromatic amines is 1. The van der Waals surface area contributed by atoms with Crippen molar-refractivity contribution < 1.29 is 9.18 Å². The second-order valence-electron chi connectivity index (χ2n) is 5.98. The highest BCUT2D eigenvalue weighted by atomic mass is 19.1. The fraction of sp³-hybridized carbons (Fsp3) is 0.105. The minimum Gasteiger partial charge on any atom is -0.288 e. The van der Waals surface area contributed by atoms with Crippen molar-refractivity contribution in [3.8, 4) is 11.4 Å². The van der Waals surface area contributed by atoms with Crippen LogP contribution in [-0.2, 0) is 6.54 Å². The molecule has 140 valence electrons. The van der Waals surface area contributed by atoms with Gasteiger partial charge in [0, 0.05) is 17.5 Å². The van der Waals surface area contributed by atoms with Gasteiger partial charge in [-0.25, -0.2) is 9.07 Å². The molecule has 4 aromatic rings. The van der Waals surface area contributed by atoms with Crippen LogP contribution in [0.4, 0.5) is 10.3 Å². The number of aryl methyl sites for hydroxylation is 1. The fourth-order valence-corrected chi connectivity index (χ4v) is 2.83. The van der Waals surface area contributed by atoms with Gasteiger partial charge in [-0.05, 0) is 37.3 Å². The van der Waals surface area contributed by atoms with Gasteiger partial charge in [-0.1, -0.05) is 18.2 Å². The zero-order valence-corrected chi connectivity index (χ0v) is 14.8. The normalized spacial score (nSPS) is 10.9. The Morgan fingerprint density at radius 2 is 1.86 bits per heavy atom. The number of halogens is 1. The van der Waals surface area contributed by atoms with Gasteiger partial charge in [-0.2, -0.15) is 10.1 Å². The van der Waals surface area contributed by atoms with Crippen LogP contribution in [0.5, 0.6) is 0 Å². The van der Waals surface area contributed by atoms with E-state index in [0.29, 0.717) is 28.7 Å². The second-order valence-corrected chi connectivity index (χ2v) is 5.98. The molecule has 0 unspecified atom stereocenters. The number of hydrogen-bond acceptors (Lipinski definition) is 5. The van der Waals surface area contributed by atoms with Crippen LogP contribution < -0.4 is 10.9 Å². The van der Waals surface area contributed by atoms with E-state index in [1.807, 2.05) is 0 Å². The SMILES string of the molecule is CCn1nc(C(=O)Nc2n[nH]c(-c3ccc(F)cc3)n2)c2ccccc2c1=O. The summed E-state index contributed by atoms with van der Waals surface area (Å²) in [7, 11) is 0. The zero-order valence-electron chi connectivity index (χ0n) is 14.8. The van der Waals surface area contributed by atoms with Crippen LogP contribution >= 0.6 is 0 Å². The van der Waals surface area contributed by atoms with Crippen molar-refractivity contribution in [1.29, 1.82) is 0 Å². The van der Waals surface area contributed by atoms with Gasteiger partial charge in [0.2, 0.25) is 5.95 Å². The molecule has 0 saturated heterocycles. The first-order valence-corrected chi connectivity index (χ1v) is 8.56. The molecule has 8 nitrogen and oxygen atoms in total. The van der Waals surface area contributed by atoms with Gasteiger partial charge < -0.3 is 0 Å². The number of carbonyl (C=O) groups is 1. The molecule has 2 heterocycles. The van der Waals surface area contributed by atoms with Crippen molar-refractivity contribution in [2.24, 2.45) is 0 Å². The Balaban J connectivity index is 1.67. The molecule has 0 atom stereocenters. The maximum Gasteiger partial charge on any atom is 0.279 e. The number of carbonyl (C=O) groups excluding carboxylic acids is 1. The standard InChI is InChI=1S/C19H15FN6O2/c1-2-26-18(28)14-6-4-3-5-13(14)15(25-26)17(27)22-19-21-16(23-24-19)11-7-9-12(20)10-8-11/h3-10H,2H2,1H3,(H2,21,22,23,24,27). The van der Waals surface area contributed by atoms with E-state index in [0.717, 1.165) is 0 Å². The highest BCUT2D eigenvalue weighted by molar-refractivity contribution is 6.10. The molecule has 0 aliphatic carbocycles. The third kappa shape index (κ3) is 3.13. The lowest BCUT2D eigenvalue weighted by Crippen LogP contribution is -2.27. The largest absolute Gasteiger partial charge is 0.288 e. The Morgan fingerprint density at radius 3 is 2.57 bits per heavy atom. The van der Waals surface area contributed by atoms with Gasteiger partial charge in [-0.15, -0.1) is 5.10 Å². The minimum absolute atomic E-state index is 0.0458. The molecule has 2 aromatic heterocycles. The van der Waals surface area contributed by atoms with Crippen molar-refractivity contribution in [2.75, 3.05) is 5.32 Å². The zero-order chi connectivity index (χ0) is 19.7. The van der Waals surface area contributed by atoms with Gasteiger partial charge in [0.1, 0.15) is 5.82 Å². The number of benzene rings is 2. The Labute approximate surface area is 158 Å². The summed E-state index contributed by atoms with van der Waals surface area (Å²) < 4.78 is 14.3. The maximum absolute atomic E-state index is 13.1. The first kappa shape index (κ1) is 17.5. The van der Waals surface area contributed by atoms with E-state index in [2.05, 4.69) is 25.6 Å². The van der Waals surface area contributed by atoms with E-state index in [1.165, 1.54) is 16.8 Å². The van der Waals surface area contributed by atoms with Gasteiger partial charge in [0.25, 0.3) is 11.5 Å². The van der Waals surface area contributed by atoms with Crippen molar-refractivity contribution >= 4 is 22.6 Å². The Bertz CT molecular complexity index is 1230. The number of hydrogen-bond donors (Lipinski definition) is 2. The number of fused-ring (bicyclic) bond motifs is 1. The molecule has 0 saturated carbocycles. The summed E-state index contributed by atoms with van der Waals surface area (Å²) in [4.78, 5) is 29.4. The van der Waals surface area contributed by atoms with Crippen molar-refractivity contribution in [2.45, 2.75) is 13.5 Å². The van der Waals surface area contributed by atoms with Crippen LogP contribution in [0.2, 0.25) is 0 Å². The first-order valence-electron chi connectivity index (χ1n) is 8.56. The third-order valence-corrected chi connectivity index (χ3v) is 4.21. The Morgan fingerprint density at radius 1 is 1.14 bits per heavy atom. The summed E-state index contributed by atoms with van der Waals surface area (Å²) in [6, 6.07) is 12.5. The monoisotopic (exact) mass is 378 g/mol. The van der Waals surface area contributed by atoms with Crippen molar-refractivity contribution in [1.82, 2.24) is 25.0 Å². The molecule has 1 amide bonds. The predicted molar refractivity (Wildman–Crippen MR) is 101 cm³/mol. The lowest BCUT2D eigenvalue weighted by Gasteiger charge is -2.08. The maximum atomic E-state index is 13.1. The van der Waals surface area contributed by atoms with Gasteiger partial charge in [0.15, 0.2) is 11.5 Å². The van der Waals surface area contributed by atoms with Crippen LogP contribution in [0.3, 0.4) is 0 Å². The molecule has 0 bridgehead atoms. The second kappa shape index (κ2) is 7.03. The molecule has 4 rings (SSSR count). The summed E-state index contributed by atoms with van der Waals surface area (Å²) in [6.07, 6.45) is 0. The molecule has 0 aliphatic heterocycles. The van der Waals surface area contributed by atoms with E-state index in [9.17, 15) is 14.0 Å². The van der Waals surface area contributed by atoms with E-state index in [1.54, 1.807) is 43.3 Å². The van der Waals surface area contributed by atoms with Gasteiger partial charge in [-0.3, -0.25) is 20.0 Å². The molecular weight excluding hydrogens is 363 g/mol. The molecule has 9 heteroatoms. The molecule has 28 heavy (non-hydrogen) atoms. The number of rotatable bonds is 4. The summed E-state index contributed by atoms with van der Waals surface area (Å²) in [5, 5.41) is 14.3. The Hall–Kier alpha value is -3.88. The number of nitrogens with zero attached hydrogens (tertiary/aromatic N) is 4. The highest BCUT2D eigenvalue weighted by Crippen LogP contribution is 2.18. The summed E-state index contributed by atoms with van der Waals surface area (Å²) in [6.45, 7) is 2.11. The number of aromatic nitrogens is 5. The van der Waals surface area contributed by atoms with E-state index < -0.39 is 5.91 Å². The quantitative estimate of drug-likeness (QED) is 0.568. The summed E-state index contributed by atoms with van der Waals surface area (Å²) in [5.74, 6) is -0.472. The van der Waals surface area contributed by atoms with Crippen molar-refractivity contribution in [3.63, 3.8) is 0 Å². The number of amides is 1. The lowest BCUT2D eigenvalue weighted by molar-refractivity contribution is 0.102. The molecule has 0 spiro atoms. The predicted octanol–water partition coefficient (Wildman–Crippen LogP) is 2.59. The molecule has 0 fully saturated rings. The number of H-pyrrole nitrogens is 1. The number of anilines is 1. The van der Waals surface area contributed by atoms with E-state index >= 15 is 0 Å². The van der Waals surface area contributed by atoms with E-state index in [-0.39, 0.29) is 23.0 Å². The molecule has 2 N–H and O–H groups in total. The third-order valence-electron chi connectivity index (χ3n) is 4.21. The molecular formula is C19H15FN6O2. The van der Waals surface area contributed by atoms with Crippen LogP contribution in [0.15, 0.2) is 53.3 Å². The van der Waals surface area contributed by atoms with Gasteiger partial charge >= 0.3 is 0 Å². The first-order chi connectivity index (χ1) is 13.6. The van der Waals surface area contributed by atoms with Crippen molar-refractivity contribution in [3.05, 3.63) is 70.4 Å². The van der Waals surface area contributed by atoms with Crippen LogP contribution in [0.25, 0.3) is 22.2 Å². The minimum atomic E-state index is -0.539. The van der Waals surface area contributed by atoms with Gasteiger partial charge in [0.05, 0.1) is 5.39 Å². The lowest BCUT2D eigenvalue weighted by atomic mass is 10.1. The average molecular weight is 378 g/mol. The van der Waals surface area contributed by atoms with E-state index in [4.69, 9.17) is 0 Å². The average Bonchev–Trinajstić information content (AvgIpc) is 3.17. The fourth-order valence-electron chi connectivity index (χ4n) is 2.83. The summed E-state index contributed by atoms with van der Waals surface area (Å²) >= 11 is 0. The molecule has 0 aliphatic rings. The number of nitrogens with one attached hydrogen (secondary N) is 2. The van der Waals surface area contributed by atoms with Crippen LogP contribution in [-0.4, -0.2) is 30.9 Å². The topological polar surface area (TPSA) is 106 Å². The molecule has 0 radical (unpaired) electrons. The Kier molecular flexibility index (Phi) is 4.40. The highest BCUT2D eigenvalue weighted by Gasteiger charge is 2.18.